The molecule has 0 fully saturated rings. The van der Waals surface area contributed by atoms with Crippen LogP contribution in [0.2, 0.25) is 0 Å². The van der Waals surface area contributed by atoms with Gasteiger partial charge in [-0.3, -0.25) is 4.79 Å². The summed E-state index contributed by atoms with van der Waals surface area (Å²) in [4.78, 5) is 10.8. The molecule has 4 heteroatoms. The van der Waals surface area contributed by atoms with Crippen LogP contribution in [0, 0.1) is 6.92 Å². The molecule has 0 unspecified atom stereocenters. The van der Waals surface area contributed by atoms with E-state index < -0.39 is 5.91 Å². The number of primary amides is 1. The number of aryl methyl sites for hydroxylation is 1. The van der Waals surface area contributed by atoms with Gasteiger partial charge in [-0.05, 0) is 41.8 Å². The van der Waals surface area contributed by atoms with E-state index in [1.165, 1.54) is 11.6 Å². The first-order valence-electron chi connectivity index (χ1n) is 6.93. The first-order chi connectivity index (χ1) is 10.6. The van der Waals surface area contributed by atoms with Crippen molar-refractivity contribution in [2.75, 3.05) is 7.11 Å². The average Bonchev–Trinajstić information content (AvgIpc) is 2.52. The molecule has 0 spiro atoms. The number of nitrogens with two attached hydrogens (primary N) is 1. The van der Waals surface area contributed by atoms with Crippen LogP contribution in [-0.2, 0) is 11.4 Å². The zero-order valence-corrected chi connectivity index (χ0v) is 12.7. The van der Waals surface area contributed by atoms with E-state index in [9.17, 15) is 4.79 Å². The van der Waals surface area contributed by atoms with Gasteiger partial charge in [-0.15, -0.1) is 0 Å². The van der Waals surface area contributed by atoms with Crippen molar-refractivity contribution in [2.24, 2.45) is 5.73 Å². The summed E-state index contributed by atoms with van der Waals surface area (Å²) in [7, 11) is 1.58. The van der Waals surface area contributed by atoms with Crippen molar-refractivity contribution in [2.45, 2.75) is 13.5 Å². The molecule has 0 saturated heterocycles. The lowest BCUT2D eigenvalue weighted by Crippen LogP contribution is -2.05. The van der Waals surface area contributed by atoms with Crippen LogP contribution in [0.5, 0.6) is 11.5 Å². The van der Waals surface area contributed by atoms with Gasteiger partial charge in [-0.25, -0.2) is 0 Å². The largest absolute Gasteiger partial charge is 0.493 e. The van der Waals surface area contributed by atoms with E-state index in [2.05, 4.69) is 0 Å². The quantitative estimate of drug-likeness (QED) is 0.833. The Morgan fingerprint density at radius 2 is 1.95 bits per heavy atom. The Labute approximate surface area is 130 Å². The minimum absolute atomic E-state index is 0.472. The predicted molar refractivity (Wildman–Crippen MR) is 86.7 cm³/mol. The molecular weight excluding hydrogens is 278 g/mol. The van der Waals surface area contributed by atoms with Crippen molar-refractivity contribution in [3.8, 4) is 11.5 Å². The summed E-state index contributed by atoms with van der Waals surface area (Å²) in [5.41, 5.74) is 8.21. The molecule has 0 aromatic heterocycles. The minimum Gasteiger partial charge on any atom is -0.493 e. The smallest absolute Gasteiger partial charge is 0.241 e. The Hall–Kier alpha value is -2.75. The van der Waals surface area contributed by atoms with Gasteiger partial charge in [-0.1, -0.05) is 30.3 Å². The number of ether oxygens (including phenoxy) is 2. The fourth-order valence-corrected chi connectivity index (χ4v) is 2.01. The van der Waals surface area contributed by atoms with E-state index in [4.69, 9.17) is 15.2 Å². The Bertz CT molecular complexity index is 692. The van der Waals surface area contributed by atoms with Crippen LogP contribution in [0.25, 0.3) is 6.08 Å². The van der Waals surface area contributed by atoms with Crippen LogP contribution in [0.4, 0.5) is 0 Å². The SMILES string of the molecule is COc1cc(/C=C/C(N)=O)ccc1OCc1ccccc1C. The monoisotopic (exact) mass is 297 g/mol. The summed E-state index contributed by atoms with van der Waals surface area (Å²) in [5.74, 6) is 0.779. The van der Waals surface area contributed by atoms with Gasteiger partial charge < -0.3 is 15.2 Å². The maximum atomic E-state index is 10.8. The summed E-state index contributed by atoms with van der Waals surface area (Å²) in [6, 6.07) is 13.5. The molecule has 1 amide bonds. The molecule has 22 heavy (non-hydrogen) atoms. The summed E-state index contributed by atoms with van der Waals surface area (Å²) in [6.07, 6.45) is 2.94. The molecular formula is C18H19NO3. The molecule has 0 heterocycles. The molecule has 0 bridgehead atoms. The summed E-state index contributed by atoms with van der Waals surface area (Å²) in [6.45, 7) is 2.52. The second kappa shape index (κ2) is 7.31. The first kappa shape index (κ1) is 15.6. The minimum atomic E-state index is -0.487. The van der Waals surface area contributed by atoms with E-state index in [0.29, 0.717) is 18.1 Å². The molecule has 4 nitrogen and oxygen atoms in total. The Balaban J connectivity index is 2.14. The zero-order valence-electron chi connectivity index (χ0n) is 12.7. The van der Waals surface area contributed by atoms with Gasteiger partial charge in [0, 0.05) is 6.08 Å². The topological polar surface area (TPSA) is 61.5 Å². The molecule has 2 aromatic rings. The lowest BCUT2D eigenvalue weighted by Gasteiger charge is -2.12. The molecule has 0 aliphatic heterocycles. The van der Waals surface area contributed by atoms with Crippen molar-refractivity contribution in [3.05, 3.63) is 65.2 Å². The van der Waals surface area contributed by atoms with Gasteiger partial charge in [-0.2, -0.15) is 0 Å². The van der Waals surface area contributed by atoms with E-state index in [1.54, 1.807) is 19.3 Å². The lowest BCUT2D eigenvalue weighted by molar-refractivity contribution is -0.113. The van der Waals surface area contributed by atoms with Crippen molar-refractivity contribution < 1.29 is 14.3 Å². The third-order valence-corrected chi connectivity index (χ3v) is 3.27. The van der Waals surface area contributed by atoms with Gasteiger partial charge >= 0.3 is 0 Å². The molecule has 0 saturated carbocycles. The number of carbonyl (C=O) groups is 1. The Morgan fingerprint density at radius 1 is 1.18 bits per heavy atom. The number of hydrogen-bond acceptors (Lipinski definition) is 3. The third kappa shape index (κ3) is 4.12. The van der Waals surface area contributed by atoms with Crippen LogP contribution in [-0.4, -0.2) is 13.0 Å². The maximum absolute atomic E-state index is 10.8. The predicted octanol–water partition coefficient (Wildman–Crippen LogP) is 3.08. The number of rotatable bonds is 6. The van der Waals surface area contributed by atoms with Crippen molar-refractivity contribution in [3.63, 3.8) is 0 Å². The molecule has 0 atom stereocenters. The Morgan fingerprint density at radius 3 is 2.64 bits per heavy atom. The van der Waals surface area contributed by atoms with E-state index in [-0.39, 0.29) is 0 Å². The molecule has 2 rings (SSSR count). The number of benzene rings is 2. The van der Waals surface area contributed by atoms with Crippen molar-refractivity contribution >= 4 is 12.0 Å². The van der Waals surface area contributed by atoms with Crippen LogP contribution >= 0.6 is 0 Å². The molecule has 114 valence electrons. The molecule has 2 N–H and O–H groups in total. The fourth-order valence-electron chi connectivity index (χ4n) is 2.01. The molecule has 0 radical (unpaired) electrons. The summed E-state index contributed by atoms with van der Waals surface area (Å²) in [5, 5.41) is 0. The van der Waals surface area contributed by atoms with Gasteiger partial charge in [0.2, 0.25) is 5.91 Å². The second-order valence-corrected chi connectivity index (χ2v) is 4.86. The highest BCUT2D eigenvalue weighted by molar-refractivity contribution is 5.90. The molecule has 0 aliphatic carbocycles. The highest BCUT2D eigenvalue weighted by Gasteiger charge is 2.06. The average molecular weight is 297 g/mol. The fraction of sp³-hybridized carbons (Fsp3) is 0.167. The third-order valence-electron chi connectivity index (χ3n) is 3.27. The Kier molecular flexibility index (Phi) is 5.20. The highest BCUT2D eigenvalue weighted by atomic mass is 16.5. The van der Waals surface area contributed by atoms with E-state index >= 15 is 0 Å². The van der Waals surface area contributed by atoms with Gasteiger partial charge in [0.05, 0.1) is 7.11 Å². The van der Waals surface area contributed by atoms with Crippen LogP contribution in [0.15, 0.2) is 48.5 Å². The van der Waals surface area contributed by atoms with E-state index in [0.717, 1.165) is 11.1 Å². The van der Waals surface area contributed by atoms with Gasteiger partial charge in [0.15, 0.2) is 11.5 Å². The molecule has 0 aliphatic rings. The number of hydrogen-bond donors (Lipinski definition) is 1. The summed E-state index contributed by atoms with van der Waals surface area (Å²) >= 11 is 0. The van der Waals surface area contributed by atoms with Crippen LogP contribution in [0.3, 0.4) is 0 Å². The zero-order chi connectivity index (χ0) is 15.9. The number of amides is 1. The first-order valence-corrected chi connectivity index (χ1v) is 6.93. The normalized spacial score (nSPS) is 10.6. The molecule has 2 aromatic carbocycles. The number of methoxy groups -OCH3 is 1. The van der Waals surface area contributed by atoms with Crippen molar-refractivity contribution in [1.82, 2.24) is 0 Å². The highest BCUT2D eigenvalue weighted by Crippen LogP contribution is 2.29. The maximum Gasteiger partial charge on any atom is 0.241 e. The standard InChI is InChI=1S/C18H19NO3/c1-13-5-3-4-6-15(13)12-22-16-9-7-14(8-10-18(19)20)11-17(16)21-2/h3-11H,12H2,1-2H3,(H2,19,20)/b10-8+. The van der Waals surface area contributed by atoms with Gasteiger partial charge in [0.1, 0.15) is 6.61 Å². The second-order valence-electron chi connectivity index (χ2n) is 4.86. The van der Waals surface area contributed by atoms with E-state index in [1.807, 2.05) is 43.3 Å². The summed E-state index contributed by atoms with van der Waals surface area (Å²) < 4.78 is 11.2. The van der Waals surface area contributed by atoms with Crippen molar-refractivity contribution in [1.29, 1.82) is 0 Å². The number of carbonyl (C=O) groups excluding carboxylic acids is 1. The lowest BCUT2D eigenvalue weighted by atomic mass is 10.1. The van der Waals surface area contributed by atoms with Crippen LogP contribution in [0.1, 0.15) is 16.7 Å². The van der Waals surface area contributed by atoms with Gasteiger partial charge in [0.25, 0.3) is 0 Å². The van der Waals surface area contributed by atoms with Crippen LogP contribution < -0.4 is 15.2 Å².